The Morgan fingerprint density at radius 3 is 2.36 bits per heavy atom. The fourth-order valence-electron chi connectivity index (χ4n) is 4.14. The zero-order chi connectivity index (χ0) is 18.0. The molecule has 1 saturated carbocycles. The van der Waals surface area contributed by atoms with Crippen molar-refractivity contribution >= 4 is 5.91 Å². The molecule has 2 atom stereocenters. The quantitative estimate of drug-likeness (QED) is 0.765. The maximum Gasteiger partial charge on any atom is 0.226 e. The van der Waals surface area contributed by atoms with Crippen molar-refractivity contribution in [3.63, 3.8) is 0 Å². The maximum atomic E-state index is 12.9. The highest BCUT2D eigenvalue weighted by Gasteiger charge is 2.61. The summed E-state index contributed by atoms with van der Waals surface area (Å²) in [4.78, 5) is 17.5. The van der Waals surface area contributed by atoms with Crippen LogP contribution in [0.4, 0.5) is 0 Å². The number of piperazine rings is 1. The minimum atomic E-state index is 0.124. The van der Waals surface area contributed by atoms with Crippen LogP contribution in [-0.2, 0) is 11.2 Å². The van der Waals surface area contributed by atoms with Gasteiger partial charge in [-0.15, -0.1) is 0 Å². The first-order chi connectivity index (χ1) is 11.9. The predicted molar refractivity (Wildman–Crippen MR) is 103 cm³/mol. The van der Waals surface area contributed by atoms with Gasteiger partial charge in [-0.2, -0.15) is 0 Å². The first-order valence-electron chi connectivity index (χ1n) is 9.59. The second-order valence-electron chi connectivity index (χ2n) is 8.47. The number of amides is 1. The van der Waals surface area contributed by atoms with Crippen LogP contribution >= 0.6 is 0 Å². The van der Waals surface area contributed by atoms with E-state index in [1.54, 1.807) is 0 Å². The molecule has 0 bridgehead atoms. The molecule has 1 aliphatic carbocycles. The summed E-state index contributed by atoms with van der Waals surface area (Å²) in [5, 5.41) is 0. The number of allylic oxidation sites excluding steroid dienone is 2. The second-order valence-corrected chi connectivity index (χ2v) is 8.47. The molecule has 2 aliphatic rings. The third kappa shape index (κ3) is 4.14. The molecule has 0 aromatic heterocycles. The Bertz CT molecular complexity index is 623. The van der Waals surface area contributed by atoms with Gasteiger partial charge in [0.15, 0.2) is 0 Å². The Kier molecular flexibility index (Phi) is 5.33. The Balaban J connectivity index is 1.48. The Hall–Kier alpha value is -1.61. The van der Waals surface area contributed by atoms with E-state index in [0.717, 1.165) is 39.1 Å². The summed E-state index contributed by atoms with van der Waals surface area (Å²) in [5.74, 6) is 0.967. The fourth-order valence-corrected chi connectivity index (χ4v) is 4.14. The number of benzene rings is 1. The van der Waals surface area contributed by atoms with Gasteiger partial charge in [-0.3, -0.25) is 9.69 Å². The van der Waals surface area contributed by atoms with Crippen molar-refractivity contribution in [1.82, 2.24) is 9.80 Å². The first-order valence-corrected chi connectivity index (χ1v) is 9.59. The molecule has 3 heteroatoms. The minimum absolute atomic E-state index is 0.124. The molecule has 1 amide bonds. The molecule has 25 heavy (non-hydrogen) atoms. The van der Waals surface area contributed by atoms with Gasteiger partial charge in [0.25, 0.3) is 0 Å². The highest BCUT2D eigenvalue weighted by Crippen LogP contribution is 2.60. The summed E-state index contributed by atoms with van der Waals surface area (Å²) < 4.78 is 0. The highest BCUT2D eigenvalue weighted by atomic mass is 16.2. The zero-order valence-electron chi connectivity index (χ0n) is 16.2. The van der Waals surface area contributed by atoms with E-state index in [9.17, 15) is 4.79 Å². The molecule has 1 aliphatic heterocycles. The summed E-state index contributed by atoms with van der Waals surface area (Å²) in [7, 11) is 0. The summed E-state index contributed by atoms with van der Waals surface area (Å²) in [5.41, 5.74) is 2.84. The molecule has 136 valence electrons. The van der Waals surface area contributed by atoms with E-state index in [1.807, 2.05) is 0 Å². The lowest BCUT2D eigenvalue weighted by Crippen LogP contribution is -2.49. The third-order valence-corrected chi connectivity index (χ3v) is 5.93. The number of nitrogens with zero attached hydrogens (tertiary/aromatic N) is 2. The van der Waals surface area contributed by atoms with Gasteiger partial charge >= 0.3 is 0 Å². The smallest absolute Gasteiger partial charge is 0.226 e. The van der Waals surface area contributed by atoms with Crippen molar-refractivity contribution in [2.45, 2.75) is 34.1 Å². The molecule has 1 aromatic rings. The van der Waals surface area contributed by atoms with Crippen molar-refractivity contribution in [2.24, 2.45) is 17.3 Å². The largest absolute Gasteiger partial charge is 0.340 e. The predicted octanol–water partition coefficient (Wildman–Crippen LogP) is 3.61. The molecule has 0 radical (unpaired) electrons. The van der Waals surface area contributed by atoms with Gasteiger partial charge in [0, 0.05) is 32.7 Å². The van der Waals surface area contributed by atoms with E-state index in [1.165, 1.54) is 11.1 Å². The standard InChI is InChI=1S/C22H32N2O/c1-17(2)16-19-20(22(19,3)4)21(25)24-14-12-23(13-15-24)11-10-18-8-6-5-7-9-18/h5-9,16,19-20H,10-15H2,1-4H3. The Labute approximate surface area is 152 Å². The van der Waals surface area contributed by atoms with Gasteiger partial charge < -0.3 is 4.90 Å². The third-order valence-electron chi connectivity index (χ3n) is 5.93. The van der Waals surface area contributed by atoms with Crippen LogP contribution in [0.2, 0.25) is 0 Å². The zero-order valence-corrected chi connectivity index (χ0v) is 16.2. The topological polar surface area (TPSA) is 23.6 Å². The molecule has 0 N–H and O–H groups in total. The molecule has 2 fully saturated rings. The van der Waals surface area contributed by atoms with Gasteiger partial charge in [0.1, 0.15) is 0 Å². The first kappa shape index (κ1) is 18.2. The van der Waals surface area contributed by atoms with Crippen LogP contribution < -0.4 is 0 Å². The SMILES string of the molecule is CC(C)=CC1C(C(=O)N2CCN(CCc3ccccc3)CC2)C1(C)C. The van der Waals surface area contributed by atoms with Gasteiger partial charge in [0.2, 0.25) is 5.91 Å². The molecule has 3 rings (SSSR count). The van der Waals surface area contributed by atoms with Crippen LogP contribution in [0.25, 0.3) is 0 Å². The molecule has 1 aromatic carbocycles. The molecule has 1 saturated heterocycles. The summed E-state index contributed by atoms with van der Waals surface area (Å²) in [6.07, 6.45) is 3.38. The number of carbonyl (C=O) groups excluding carboxylic acids is 1. The van der Waals surface area contributed by atoms with Gasteiger partial charge in [-0.05, 0) is 37.2 Å². The molecule has 1 heterocycles. The molecular weight excluding hydrogens is 308 g/mol. The number of rotatable bonds is 5. The molecular formula is C22H32N2O. The van der Waals surface area contributed by atoms with Crippen molar-refractivity contribution in [3.05, 3.63) is 47.5 Å². The fraction of sp³-hybridized carbons (Fsp3) is 0.591. The van der Waals surface area contributed by atoms with Crippen molar-refractivity contribution < 1.29 is 4.79 Å². The molecule has 2 unspecified atom stereocenters. The second kappa shape index (κ2) is 7.33. The minimum Gasteiger partial charge on any atom is -0.340 e. The monoisotopic (exact) mass is 340 g/mol. The summed E-state index contributed by atoms with van der Waals surface area (Å²) in [6, 6.07) is 10.7. The van der Waals surface area contributed by atoms with Crippen molar-refractivity contribution in [3.8, 4) is 0 Å². The lowest BCUT2D eigenvalue weighted by atomic mass is 10.1. The Morgan fingerprint density at radius 1 is 1.12 bits per heavy atom. The van der Waals surface area contributed by atoms with Crippen LogP contribution in [0, 0.1) is 17.3 Å². The summed E-state index contributed by atoms with van der Waals surface area (Å²) >= 11 is 0. The van der Waals surface area contributed by atoms with E-state index in [0.29, 0.717) is 11.8 Å². The number of carbonyl (C=O) groups is 1. The number of hydrogen-bond donors (Lipinski definition) is 0. The average molecular weight is 341 g/mol. The van der Waals surface area contributed by atoms with Crippen LogP contribution in [-0.4, -0.2) is 48.4 Å². The number of hydrogen-bond acceptors (Lipinski definition) is 2. The Morgan fingerprint density at radius 2 is 1.76 bits per heavy atom. The average Bonchev–Trinajstić information content (AvgIpc) is 3.13. The molecule has 0 spiro atoms. The van der Waals surface area contributed by atoms with Gasteiger partial charge in [0.05, 0.1) is 5.92 Å². The lowest BCUT2D eigenvalue weighted by Gasteiger charge is -2.35. The van der Waals surface area contributed by atoms with Crippen LogP contribution in [0.3, 0.4) is 0 Å². The van der Waals surface area contributed by atoms with E-state index in [2.05, 4.69) is 73.9 Å². The van der Waals surface area contributed by atoms with Gasteiger partial charge in [-0.1, -0.05) is 55.8 Å². The molecule has 3 nitrogen and oxygen atoms in total. The van der Waals surface area contributed by atoms with Crippen LogP contribution in [0.5, 0.6) is 0 Å². The highest BCUT2D eigenvalue weighted by molar-refractivity contribution is 5.84. The lowest BCUT2D eigenvalue weighted by molar-refractivity contribution is -0.135. The van der Waals surface area contributed by atoms with E-state index >= 15 is 0 Å². The maximum absolute atomic E-state index is 12.9. The van der Waals surface area contributed by atoms with Crippen LogP contribution in [0.1, 0.15) is 33.3 Å². The van der Waals surface area contributed by atoms with E-state index in [4.69, 9.17) is 0 Å². The van der Waals surface area contributed by atoms with Crippen molar-refractivity contribution in [1.29, 1.82) is 0 Å². The normalized spacial score (nSPS) is 25.5. The van der Waals surface area contributed by atoms with Crippen LogP contribution in [0.15, 0.2) is 42.0 Å². The van der Waals surface area contributed by atoms with Gasteiger partial charge in [-0.25, -0.2) is 0 Å². The summed E-state index contributed by atoms with van der Waals surface area (Å²) in [6.45, 7) is 13.6. The van der Waals surface area contributed by atoms with E-state index < -0.39 is 0 Å². The van der Waals surface area contributed by atoms with Crippen molar-refractivity contribution in [2.75, 3.05) is 32.7 Å². The van der Waals surface area contributed by atoms with E-state index in [-0.39, 0.29) is 11.3 Å².